The van der Waals surface area contributed by atoms with Gasteiger partial charge >= 0.3 is 6.09 Å². The molecule has 0 unspecified atom stereocenters. The summed E-state index contributed by atoms with van der Waals surface area (Å²) in [5, 5.41) is 11.9. The van der Waals surface area contributed by atoms with E-state index in [0.717, 1.165) is 42.3 Å². The Morgan fingerprint density at radius 1 is 1.09 bits per heavy atom. The van der Waals surface area contributed by atoms with Gasteiger partial charge in [0.05, 0.1) is 7.11 Å². The molecule has 2 aromatic carbocycles. The molecule has 34 heavy (non-hydrogen) atoms. The lowest BCUT2D eigenvalue weighted by Crippen LogP contribution is -2.45. The van der Waals surface area contributed by atoms with E-state index in [2.05, 4.69) is 29.3 Å². The Balaban J connectivity index is 0.000000396. The van der Waals surface area contributed by atoms with Crippen LogP contribution in [0.25, 0.3) is 5.57 Å². The van der Waals surface area contributed by atoms with Crippen LogP contribution in [0.1, 0.15) is 56.6 Å². The fraction of sp³-hybridized carbons (Fsp3) is 0.483. The summed E-state index contributed by atoms with van der Waals surface area (Å²) in [6.45, 7) is 4.76. The number of para-hydroxylation sites is 1. The zero-order valence-electron chi connectivity index (χ0n) is 20.7. The minimum atomic E-state index is -0.974. The van der Waals surface area contributed by atoms with Gasteiger partial charge in [0.1, 0.15) is 5.75 Å². The average Bonchev–Trinajstić information content (AvgIpc) is 2.85. The zero-order valence-corrected chi connectivity index (χ0v) is 20.7. The maximum absolute atomic E-state index is 11.2. The predicted octanol–water partition coefficient (Wildman–Crippen LogP) is 6.25. The largest absolute Gasteiger partial charge is 0.496 e. The first kappa shape index (κ1) is 25.8. The summed E-state index contributed by atoms with van der Waals surface area (Å²) in [7, 11) is 1.69. The molecule has 2 N–H and O–H groups in total. The molecule has 0 spiro atoms. The number of nitrogens with one attached hydrogen (secondary N) is 1. The maximum Gasteiger partial charge on any atom is 0.404 e. The van der Waals surface area contributed by atoms with Crippen molar-refractivity contribution in [3.8, 4) is 5.75 Å². The van der Waals surface area contributed by atoms with E-state index in [-0.39, 0.29) is 6.04 Å². The Labute approximate surface area is 204 Å². The lowest BCUT2D eigenvalue weighted by molar-refractivity contribution is 0.182. The molecule has 1 fully saturated rings. The second kappa shape index (κ2) is 13.8. The van der Waals surface area contributed by atoms with E-state index < -0.39 is 6.09 Å². The van der Waals surface area contributed by atoms with Crippen LogP contribution in [0.4, 0.5) is 4.79 Å². The number of amides is 1. The molecule has 1 aliphatic carbocycles. The Hall–Kier alpha value is -2.79. The molecule has 2 aromatic rings. The predicted molar refractivity (Wildman–Crippen MR) is 139 cm³/mol. The van der Waals surface area contributed by atoms with Crippen LogP contribution in [0.5, 0.6) is 5.75 Å². The van der Waals surface area contributed by atoms with E-state index in [0.29, 0.717) is 13.0 Å². The summed E-state index contributed by atoms with van der Waals surface area (Å²) in [5.41, 5.74) is 3.57. The number of rotatable bonds is 7. The topological polar surface area (TPSA) is 61.8 Å². The van der Waals surface area contributed by atoms with Crippen LogP contribution in [-0.2, 0) is 6.42 Å². The van der Waals surface area contributed by atoms with Gasteiger partial charge in [-0.25, -0.2) is 4.79 Å². The van der Waals surface area contributed by atoms with Gasteiger partial charge < -0.3 is 15.2 Å². The fourth-order valence-corrected chi connectivity index (χ4v) is 4.88. The van der Waals surface area contributed by atoms with Gasteiger partial charge in [0.25, 0.3) is 0 Å². The Morgan fingerprint density at radius 3 is 2.38 bits per heavy atom. The highest BCUT2D eigenvalue weighted by atomic mass is 16.5. The monoisotopic (exact) mass is 464 g/mol. The number of benzene rings is 2. The summed E-state index contributed by atoms with van der Waals surface area (Å²) in [5.74, 6) is 1.93. The van der Waals surface area contributed by atoms with Gasteiger partial charge in [-0.3, -0.25) is 4.90 Å². The van der Waals surface area contributed by atoms with Crippen LogP contribution in [-0.4, -0.2) is 48.9 Å². The van der Waals surface area contributed by atoms with E-state index in [1.165, 1.54) is 37.7 Å². The molecule has 0 bridgehead atoms. The fourth-order valence-electron chi connectivity index (χ4n) is 4.88. The van der Waals surface area contributed by atoms with Crippen molar-refractivity contribution in [1.29, 1.82) is 0 Å². The van der Waals surface area contributed by atoms with Gasteiger partial charge in [0.15, 0.2) is 0 Å². The van der Waals surface area contributed by atoms with Crippen molar-refractivity contribution in [2.24, 2.45) is 5.92 Å². The quantitative estimate of drug-likeness (QED) is 0.508. The minimum Gasteiger partial charge on any atom is -0.496 e. The second-order valence-corrected chi connectivity index (χ2v) is 9.52. The molecule has 5 nitrogen and oxygen atoms in total. The van der Waals surface area contributed by atoms with Crippen LogP contribution < -0.4 is 10.1 Å². The van der Waals surface area contributed by atoms with E-state index in [1.807, 2.05) is 48.5 Å². The first-order chi connectivity index (χ1) is 16.5. The average molecular weight is 465 g/mol. The van der Waals surface area contributed by atoms with E-state index in [1.54, 1.807) is 7.11 Å². The van der Waals surface area contributed by atoms with Crippen molar-refractivity contribution in [3.05, 3.63) is 71.8 Å². The minimum absolute atomic E-state index is 0.133. The van der Waals surface area contributed by atoms with Crippen molar-refractivity contribution >= 4 is 11.7 Å². The molecule has 2 aliphatic rings. The van der Waals surface area contributed by atoms with Crippen LogP contribution in [0.3, 0.4) is 0 Å². The molecule has 4 rings (SSSR count). The maximum atomic E-state index is 11.2. The van der Waals surface area contributed by atoms with Crippen LogP contribution in [0.2, 0.25) is 0 Å². The number of hydrogen-bond donors (Lipinski definition) is 2. The smallest absolute Gasteiger partial charge is 0.404 e. The van der Waals surface area contributed by atoms with Gasteiger partial charge in [-0.05, 0) is 36.0 Å². The highest BCUT2D eigenvalue weighted by molar-refractivity contribution is 5.71. The third-order valence-electron chi connectivity index (χ3n) is 6.77. The van der Waals surface area contributed by atoms with Gasteiger partial charge in [-0.15, -0.1) is 0 Å². The van der Waals surface area contributed by atoms with Gasteiger partial charge in [-0.1, -0.05) is 93.6 Å². The van der Waals surface area contributed by atoms with Crippen LogP contribution in [0, 0.1) is 5.92 Å². The third kappa shape index (κ3) is 8.53. The number of carbonyl (C=O) groups is 1. The Morgan fingerprint density at radius 2 is 1.79 bits per heavy atom. The number of nitrogens with zero attached hydrogens (tertiary/aromatic N) is 1. The lowest BCUT2D eigenvalue weighted by atomic mass is 9.91. The standard InChI is InChI=1S/C22H26N2O3.C7H14/c1-27-21-10-6-5-9-20(21)18-11-13-24(14-12-18)16-19(23-22(25)26)15-17-7-3-2-4-8-17;1-7-5-3-2-4-6-7/h2-11,19,23H,12-16H2,1H3,(H,25,26);7H,2-6H2,1H3/t19-;/m1./s1. The number of methoxy groups -OCH3 is 1. The van der Waals surface area contributed by atoms with Gasteiger partial charge in [0, 0.05) is 31.2 Å². The summed E-state index contributed by atoms with van der Waals surface area (Å²) in [6, 6.07) is 17.9. The molecular formula is C29H40N2O3. The van der Waals surface area contributed by atoms with Crippen molar-refractivity contribution in [3.63, 3.8) is 0 Å². The summed E-state index contributed by atoms with van der Waals surface area (Å²) < 4.78 is 5.47. The Bertz CT molecular complexity index is 907. The molecule has 1 saturated carbocycles. The van der Waals surface area contributed by atoms with E-state index in [4.69, 9.17) is 4.74 Å². The molecule has 1 heterocycles. The number of carboxylic acid groups (broad SMARTS) is 1. The van der Waals surface area contributed by atoms with E-state index in [9.17, 15) is 9.90 Å². The first-order valence-corrected chi connectivity index (χ1v) is 12.6. The van der Waals surface area contributed by atoms with Crippen molar-refractivity contribution < 1.29 is 14.6 Å². The number of hydrogen-bond acceptors (Lipinski definition) is 3. The molecule has 184 valence electrons. The summed E-state index contributed by atoms with van der Waals surface area (Å²) in [6.07, 6.45) is 10.3. The van der Waals surface area contributed by atoms with E-state index >= 15 is 0 Å². The lowest BCUT2D eigenvalue weighted by Gasteiger charge is -2.30. The zero-order chi connectivity index (χ0) is 24.2. The normalized spacial score (nSPS) is 17.6. The second-order valence-electron chi connectivity index (χ2n) is 9.52. The van der Waals surface area contributed by atoms with Crippen LogP contribution >= 0.6 is 0 Å². The molecule has 1 amide bonds. The summed E-state index contributed by atoms with van der Waals surface area (Å²) in [4.78, 5) is 13.5. The molecule has 0 aromatic heterocycles. The van der Waals surface area contributed by atoms with Gasteiger partial charge in [0.2, 0.25) is 0 Å². The highest BCUT2D eigenvalue weighted by Gasteiger charge is 2.20. The molecular weight excluding hydrogens is 424 g/mol. The SMILES string of the molecule is CC1CCCCC1.COc1ccccc1C1=CCN(C[C@@H](Cc2ccccc2)NC(=O)O)CC1. The molecule has 0 radical (unpaired) electrons. The Kier molecular flexibility index (Phi) is 10.5. The van der Waals surface area contributed by atoms with Crippen molar-refractivity contribution in [1.82, 2.24) is 10.2 Å². The molecule has 5 heteroatoms. The van der Waals surface area contributed by atoms with Gasteiger partial charge in [-0.2, -0.15) is 0 Å². The first-order valence-electron chi connectivity index (χ1n) is 12.6. The highest BCUT2D eigenvalue weighted by Crippen LogP contribution is 2.30. The molecule has 0 saturated heterocycles. The van der Waals surface area contributed by atoms with Crippen molar-refractivity contribution in [2.75, 3.05) is 26.7 Å². The van der Waals surface area contributed by atoms with Crippen molar-refractivity contribution in [2.45, 2.75) is 57.9 Å². The number of ether oxygens (including phenoxy) is 1. The summed E-state index contributed by atoms with van der Waals surface area (Å²) >= 11 is 0. The molecule has 1 aliphatic heterocycles. The third-order valence-corrected chi connectivity index (χ3v) is 6.77. The van der Waals surface area contributed by atoms with Crippen LogP contribution in [0.15, 0.2) is 60.7 Å². The molecule has 1 atom stereocenters.